The van der Waals surface area contributed by atoms with Crippen molar-refractivity contribution in [1.29, 1.82) is 0 Å². The lowest BCUT2D eigenvalue weighted by Crippen LogP contribution is -2.44. The quantitative estimate of drug-likeness (QED) is 0.279. The summed E-state index contributed by atoms with van der Waals surface area (Å²) in [5.41, 5.74) is 0.314. The predicted octanol–water partition coefficient (Wildman–Crippen LogP) is 5.15. The number of methoxy groups -OCH3 is 1. The molecule has 166 valence electrons. The van der Waals surface area contributed by atoms with Gasteiger partial charge in [-0.1, -0.05) is 46.9 Å². The highest BCUT2D eigenvalue weighted by atomic mass is 35.6. The van der Waals surface area contributed by atoms with Crippen LogP contribution in [0.2, 0.25) is 0 Å². The molecular formula is C17H25Cl3NO7P. The molecule has 0 aliphatic rings. The molecule has 0 saturated heterocycles. The first-order valence-electron chi connectivity index (χ1n) is 8.61. The first-order valence-corrected chi connectivity index (χ1v) is 11.4. The van der Waals surface area contributed by atoms with Crippen molar-refractivity contribution < 1.29 is 33.0 Å². The molecule has 1 aromatic carbocycles. The fourth-order valence-electron chi connectivity index (χ4n) is 2.14. The fraction of sp³-hybridized carbons (Fsp3) is 0.588. The van der Waals surface area contributed by atoms with E-state index in [2.05, 4.69) is 0 Å². The standard InChI is InChI=1S/C17H25Cl3NO7P/c1-10(2)27-29(24,28-11(3)4)14(12-6-8-13(25-5)9-7-12)26-16(23)21-15(22)17(18,19)20/h6-11,14-15,22H,1-5H3,(H,21,23). The number of carbonyl (C=O) groups is 1. The molecule has 0 fully saturated rings. The van der Waals surface area contributed by atoms with Gasteiger partial charge in [0.25, 0.3) is 0 Å². The third kappa shape index (κ3) is 8.50. The third-order valence-corrected chi connectivity index (χ3v) is 6.22. The van der Waals surface area contributed by atoms with E-state index in [-0.39, 0.29) is 0 Å². The lowest BCUT2D eigenvalue weighted by atomic mass is 10.2. The van der Waals surface area contributed by atoms with Crippen LogP contribution in [0.5, 0.6) is 5.75 Å². The first-order chi connectivity index (χ1) is 13.3. The Morgan fingerprint density at radius 3 is 1.93 bits per heavy atom. The summed E-state index contributed by atoms with van der Waals surface area (Å²) in [7, 11) is -2.54. The summed E-state index contributed by atoms with van der Waals surface area (Å²) in [6, 6.07) is 6.27. The number of benzene rings is 1. The molecule has 29 heavy (non-hydrogen) atoms. The van der Waals surface area contributed by atoms with Gasteiger partial charge in [0, 0.05) is 5.56 Å². The number of alkyl carbamates (subject to hydrolysis) is 1. The molecule has 1 amide bonds. The highest BCUT2D eigenvalue weighted by Gasteiger charge is 2.43. The van der Waals surface area contributed by atoms with E-state index in [1.54, 1.807) is 52.0 Å². The number of ether oxygens (including phenoxy) is 2. The Morgan fingerprint density at radius 2 is 1.55 bits per heavy atom. The molecule has 0 aliphatic heterocycles. The van der Waals surface area contributed by atoms with Crippen molar-refractivity contribution in [3.8, 4) is 5.75 Å². The molecule has 0 heterocycles. The van der Waals surface area contributed by atoms with Gasteiger partial charge in [0.15, 0.2) is 6.23 Å². The van der Waals surface area contributed by atoms with Crippen LogP contribution in [-0.2, 0) is 18.3 Å². The van der Waals surface area contributed by atoms with Gasteiger partial charge in [-0.15, -0.1) is 0 Å². The zero-order valence-corrected chi connectivity index (χ0v) is 19.8. The van der Waals surface area contributed by atoms with Crippen molar-refractivity contribution in [2.45, 2.75) is 55.8 Å². The number of halogens is 3. The number of carbonyl (C=O) groups excluding carboxylic acids is 1. The molecule has 0 radical (unpaired) electrons. The lowest BCUT2D eigenvalue weighted by molar-refractivity contribution is 0.0640. The second-order valence-corrected chi connectivity index (χ2v) is 10.8. The van der Waals surface area contributed by atoms with Gasteiger partial charge in [-0.25, -0.2) is 4.79 Å². The Morgan fingerprint density at radius 1 is 1.07 bits per heavy atom. The number of amides is 1. The number of alkyl halides is 3. The summed E-state index contributed by atoms with van der Waals surface area (Å²) in [4.78, 5) is 12.3. The second-order valence-electron chi connectivity index (χ2n) is 6.47. The highest BCUT2D eigenvalue weighted by Crippen LogP contribution is 2.63. The van der Waals surface area contributed by atoms with E-state index >= 15 is 0 Å². The number of aliphatic hydroxyl groups excluding tert-OH is 1. The van der Waals surface area contributed by atoms with Crippen molar-refractivity contribution in [2.75, 3.05) is 7.11 Å². The van der Waals surface area contributed by atoms with Gasteiger partial charge in [-0.3, -0.25) is 9.88 Å². The Balaban J connectivity index is 3.28. The first kappa shape index (κ1) is 26.3. The molecular weight excluding hydrogens is 468 g/mol. The minimum Gasteiger partial charge on any atom is -0.497 e. The molecule has 0 aromatic heterocycles. The van der Waals surface area contributed by atoms with Crippen molar-refractivity contribution in [3.05, 3.63) is 29.8 Å². The van der Waals surface area contributed by atoms with Crippen LogP contribution in [-0.4, -0.2) is 40.5 Å². The van der Waals surface area contributed by atoms with E-state index in [9.17, 15) is 14.5 Å². The smallest absolute Gasteiger partial charge is 0.410 e. The number of hydrogen-bond donors (Lipinski definition) is 2. The van der Waals surface area contributed by atoms with Gasteiger partial charge in [-0.2, -0.15) is 0 Å². The maximum Gasteiger partial charge on any atom is 0.410 e. The van der Waals surface area contributed by atoms with Gasteiger partial charge in [0.2, 0.25) is 9.64 Å². The van der Waals surface area contributed by atoms with Gasteiger partial charge in [0.05, 0.1) is 19.3 Å². The van der Waals surface area contributed by atoms with Crippen LogP contribution in [0, 0.1) is 0 Å². The molecule has 0 spiro atoms. The molecule has 8 nitrogen and oxygen atoms in total. The fourth-order valence-corrected chi connectivity index (χ4v) is 4.51. The number of nitrogens with one attached hydrogen (secondary N) is 1. The van der Waals surface area contributed by atoms with Gasteiger partial charge in [-0.05, 0) is 39.8 Å². The SMILES string of the molecule is COc1ccc(C(OC(=O)NC(O)C(Cl)(Cl)Cl)P(=O)(OC(C)C)OC(C)C)cc1. The molecule has 0 aliphatic carbocycles. The number of aliphatic hydroxyl groups is 1. The van der Waals surface area contributed by atoms with Crippen LogP contribution >= 0.6 is 42.4 Å². The topological polar surface area (TPSA) is 103 Å². The van der Waals surface area contributed by atoms with Crippen molar-refractivity contribution in [1.82, 2.24) is 5.32 Å². The average molecular weight is 493 g/mol. The van der Waals surface area contributed by atoms with Crippen LogP contribution < -0.4 is 10.1 Å². The van der Waals surface area contributed by atoms with E-state index in [1.807, 2.05) is 5.32 Å². The van der Waals surface area contributed by atoms with Crippen LogP contribution in [0.3, 0.4) is 0 Å². The Labute approximate surface area is 185 Å². The maximum atomic E-state index is 13.6. The minimum absolute atomic E-state index is 0.314. The van der Waals surface area contributed by atoms with Crippen molar-refractivity contribution in [3.63, 3.8) is 0 Å². The summed E-state index contributed by atoms with van der Waals surface area (Å²) < 4.78 is 32.9. The lowest BCUT2D eigenvalue weighted by Gasteiger charge is -2.30. The van der Waals surface area contributed by atoms with E-state index in [0.717, 1.165) is 0 Å². The van der Waals surface area contributed by atoms with Gasteiger partial charge >= 0.3 is 13.7 Å². The summed E-state index contributed by atoms with van der Waals surface area (Å²) in [6.07, 6.45) is -4.06. The average Bonchev–Trinajstić information content (AvgIpc) is 2.57. The van der Waals surface area contributed by atoms with E-state index in [4.69, 9.17) is 53.3 Å². The Bertz CT molecular complexity index is 696. The molecule has 2 N–H and O–H groups in total. The van der Waals surface area contributed by atoms with Crippen LogP contribution in [0.15, 0.2) is 24.3 Å². The zero-order valence-electron chi connectivity index (χ0n) is 16.6. The number of rotatable bonds is 9. The van der Waals surface area contributed by atoms with Crippen LogP contribution in [0.25, 0.3) is 0 Å². The van der Waals surface area contributed by atoms with Crippen LogP contribution in [0.4, 0.5) is 4.79 Å². The van der Waals surface area contributed by atoms with Crippen molar-refractivity contribution in [2.24, 2.45) is 0 Å². The maximum absolute atomic E-state index is 13.6. The Kier molecular flexibility index (Phi) is 10.0. The second kappa shape index (κ2) is 11.0. The minimum atomic E-state index is -4.03. The van der Waals surface area contributed by atoms with Crippen LogP contribution in [0.1, 0.15) is 39.1 Å². The molecule has 1 aromatic rings. The molecule has 0 bridgehead atoms. The molecule has 12 heteroatoms. The third-order valence-electron chi connectivity index (χ3n) is 3.19. The highest BCUT2D eigenvalue weighted by molar-refractivity contribution is 7.54. The number of hydrogen-bond acceptors (Lipinski definition) is 7. The summed E-state index contributed by atoms with van der Waals surface area (Å²) in [6.45, 7) is 6.64. The summed E-state index contributed by atoms with van der Waals surface area (Å²) in [5, 5.41) is 11.7. The molecule has 0 saturated carbocycles. The van der Waals surface area contributed by atoms with Crippen molar-refractivity contribution >= 4 is 48.5 Å². The zero-order chi connectivity index (χ0) is 22.4. The summed E-state index contributed by atoms with van der Waals surface area (Å²) >= 11 is 16.6. The molecule has 1 rings (SSSR count). The summed E-state index contributed by atoms with van der Waals surface area (Å²) in [5.74, 6) is -0.922. The normalized spacial score (nSPS) is 14.6. The monoisotopic (exact) mass is 491 g/mol. The Hall–Kier alpha value is -0.730. The van der Waals surface area contributed by atoms with Gasteiger partial charge in [0.1, 0.15) is 5.75 Å². The molecule has 2 atom stereocenters. The molecule has 2 unspecified atom stereocenters. The van der Waals surface area contributed by atoms with E-state index < -0.39 is 41.8 Å². The van der Waals surface area contributed by atoms with E-state index in [1.165, 1.54) is 7.11 Å². The predicted molar refractivity (Wildman–Crippen MR) is 112 cm³/mol. The van der Waals surface area contributed by atoms with Gasteiger partial charge < -0.3 is 23.6 Å². The largest absolute Gasteiger partial charge is 0.497 e. The van der Waals surface area contributed by atoms with E-state index in [0.29, 0.717) is 11.3 Å².